The fourth-order valence-corrected chi connectivity index (χ4v) is 1.60. The van der Waals surface area contributed by atoms with Gasteiger partial charge in [0.15, 0.2) is 5.82 Å². The Bertz CT molecular complexity index is 461. The SMILES string of the molecule is Cc1nnc(-c2c(C)cccc2Cl)nn1. The van der Waals surface area contributed by atoms with Crippen molar-refractivity contribution < 1.29 is 0 Å². The Labute approximate surface area is 92.3 Å². The molecular weight excluding hydrogens is 212 g/mol. The summed E-state index contributed by atoms with van der Waals surface area (Å²) in [7, 11) is 0. The second-order valence-corrected chi connectivity index (χ2v) is 3.61. The molecule has 1 aromatic heterocycles. The smallest absolute Gasteiger partial charge is 0.131 e. The lowest BCUT2D eigenvalue weighted by Crippen LogP contribution is -2.00. The third-order valence-corrected chi connectivity index (χ3v) is 2.34. The van der Waals surface area contributed by atoms with Gasteiger partial charge in [0, 0.05) is 5.56 Å². The number of hydrogen-bond donors (Lipinski definition) is 0. The average molecular weight is 221 g/mol. The summed E-state index contributed by atoms with van der Waals surface area (Å²) in [5.74, 6) is 1.01. The topological polar surface area (TPSA) is 51.6 Å². The molecule has 4 nitrogen and oxygen atoms in total. The third kappa shape index (κ3) is 1.94. The van der Waals surface area contributed by atoms with E-state index in [4.69, 9.17) is 11.6 Å². The van der Waals surface area contributed by atoms with Gasteiger partial charge in [-0.3, -0.25) is 0 Å². The first-order valence-electron chi connectivity index (χ1n) is 4.48. The number of benzene rings is 1. The van der Waals surface area contributed by atoms with Crippen molar-refractivity contribution in [1.29, 1.82) is 0 Å². The lowest BCUT2D eigenvalue weighted by Gasteiger charge is -2.04. The molecule has 5 heteroatoms. The highest BCUT2D eigenvalue weighted by molar-refractivity contribution is 6.33. The van der Waals surface area contributed by atoms with E-state index in [1.165, 1.54) is 0 Å². The molecule has 0 aliphatic rings. The maximum absolute atomic E-state index is 6.07. The maximum Gasteiger partial charge on any atom is 0.205 e. The number of halogens is 1. The molecule has 1 aromatic carbocycles. The Balaban J connectivity index is 2.58. The quantitative estimate of drug-likeness (QED) is 0.740. The van der Waals surface area contributed by atoms with Crippen molar-refractivity contribution >= 4 is 11.6 Å². The molecule has 0 aliphatic heterocycles. The van der Waals surface area contributed by atoms with E-state index >= 15 is 0 Å². The van der Waals surface area contributed by atoms with Crippen LogP contribution in [0, 0.1) is 13.8 Å². The van der Waals surface area contributed by atoms with E-state index in [9.17, 15) is 0 Å². The van der Waals surface area contributed by atoms with Crippen LogP contribution in [-0.4, -0.2) is 20.4 Å². The Morgan fingerprint density at radius 3 is 2.27 bits per heavy atom. The zero-order valence-electron chi connectivity index (χ0n) is 8.40. The van der Waals surface area contributed by atoms with Crippen LogP contribution in [0.2, 0.25) is 5.02 Å². The molecule has 0 aliphatic carbocycles. The van der Waals surface area contributed by atoms with E-state index in [2.05, 4.69) is 20.4 Å². The van der Waals surface area contributed by atoms with Crippen LogP contribution in [-0.2, 0) is 0 Å². The zero-order valence-corrected chi connectivity index (χ0v) is 9.15. The number of rotatable bonds is 1. The number of aromatic nitrogens is 4. The molecule has 2 aromatic rings. The van der Waals surface area contributed by atoms with Crippen molar-refractivity contribution in [2.75, 3.05) is 0 Å². The van der Waals surface area contributed by atoms with E-state index in [0.717, 1.165) is 11.1 Å². The fraction of sp³-hybridized carbons (Fsp3) is 0.200. The van der Waals surface area contributed by atoms with Crippen molar-refractivity contribution in [2.45, 2.75) is 13.8 Å². The molecule has 76 valence electrons. The summed E-state index contributed by atoms with van der Waals surface area (Å²) in [6, 6.07) is 5.63. The Morgan fingerprint density at radius 1 is 1.00 bits per heavy atom. The molecule has 0 fully saturated rings. The number of aryl methyl sites for hydroxylation is 2. The molecule has 0 bridgehead atoms. The predicted octanol–water partition coefficient (Wildman–Crippen LogP) is 2.20. The van der Waals surface area contributed by atoms with Crippen LogP contribution in [0.3, 0.4) is 0 Å². The minimum Gasteiger partial charge on any atom is -0.131 e. The van der Waals surface area contributed by atoms with Crippen LogP contribution in [0.4, 0.5) is 0 Å². The summed E-state index contributed by atoms with van der Waals surface area (Å²) >= 11 is 6.07. The van der Waals surface area contributed by atoms with Crippen LogP contribution in [0.1, 0.15) is 11.4 Å². The molecule has 0 radical (unpaired) electrons. The zero-order chi connectivity index (χ0) is 10.8. The van der Waals surface area contributed by atoms with E-state index in [1.54, 1.807) is 13.0 Å². The van der Waals surface area contributed by atoms with Crippen LogP contribution < -0.4 is 0 Å². The van der Waals surface area contributed by atoms with Crippen LogP contribution in [0.25, 0.3) is 11.4 Å². The van der Waals surface area contributed by atoms with Gasteiger partial charge in [0.25, 0.3) is 0 Å². The van der Waals surface area contributed by atoms with Crippen molar-refractivity contribution in [3.05, 3.63) is 34.6 Å². The van der Waals surface area contributed by atoms with Gasteiger partial charge in [-0.05, 0) is 25.5 Å². The third-order valence-electron chi connectivity index (χ3n) is 2.02. The Morgan fingerprint density at radius 2 is 1.67 bits per heavy atom. The number of hydrogen-bond acceptors (Lipinski definition) is 4. The lowest BCUT2D eigenvalue weighted by molar-refractivity contribution is 0.815. The first kappa shape index (κ1) is 9.98. The van der Waals surface area contributed by atoms with Crippen molar-refractivity contribution in [3.8, 4) is 11.4 Å². The summed E-state index contributed by atoms with van der Waals surface area (Å²) in [5, 5.41) is 16.2. The van der Waals surface area contributed by atoms with Crippen molar-refractivity contribution in [2.24, 2.45) is 0 Å². The predicted molar refractivity (Wildman–Crippen MR) is 57.5 cm³/mol. The molecule has 15 heavy (non-hydrogen) atoms. The highest BCUT2D eigenvalue weighted by atomic mass is 35.5. The molecule has 0 N–H and O–H groups in total. The summed E-state index contributed by atoms with van der Waals surface area (Å²) in [6.45, 7) is 3.69. The summed E-state index contributed by atoms with van der Waals surface area (Å²) in [6.07, 6.45) is 0. The molecule has 0 spiro atoms. The Hall–Kier alpha value is -1.55. The van der Waals surface area contributed by atoms with Crippen LogP contribution in [0.5, 0.6) is 0 Å². The summed E-state index contributed by atoms with van der Waals surface area (Å²) in [4.78, 5) is 0. The standard InChI is InChI=1S/C10H9ClN4/c1-6-4-3-5-8(11)9(6)10-14-12-7(2)13-15-10/h3-5H,1-2H3. The minimum absolute atomic E-state index is 0.462. The van der Waals surface area contributed by atoms with E-state index in [1.807, 2.05) is 19.1 Å². The molecule has 0 atom stereocenters. The van der Waals surface area contributed by atoms with Crippen LogP contribution in [0.15, 0.2) is 18.2 Å². The van der Waals surface area contributed by atoms with Gasteiger partial charge in [-0.2, -0.15) is 0 Å². The largest absolute Gasteiger partial charge is 0.205 e. The van der Waals surface area contributed by atoms with E-state index < -0.39 is 0 Å². The normalized spacial score (nSPS) is 10.3. The molecule has 0 unspecified atom stereocenters. The second-order valence-electron chi connectivity index (χ2n) is 3.20. The minimum atomic E-state index is 0.462. The molecule has 1 heterocycles. The van der Waals surface area contributed by atoms with Gasteiger partial charge in [-0.25, -0.2) is 0 Å². The van der Waals surface area contributed by atoms with Gasteiger partial charge >= 0.3 is 0 Å². The maximum atomic E-state index is 6.07. The van der Waals surface area contributed by atoms with Crippen molar-refractivity contribution in [1.82, 2.24) is 20.4 Å². The van der Waals surface area contributed by atoms with Gasteiger partial charge in [-0.1, -0.05) is 23.7 Å². The lowest BCUT2D eigenvalue weighted by atomic mass is 10.1. The average Bonchev–Trinajstić information content (AvgIpc) is 2.20. The first-order valence-corrected chi connectivity index (χ1v) is 4.86. The fourth-order valence-electron chi connectivity index (χ4n) is 1.29. The van der Waals surface area contributed by atoms with Gasteiger partial charge in [0.2, 0.25) is 5.82 Å². The number of nitrogens with zero attached hydrogens (tertiary/aromatic N) is 4. The second kappa shape index (κ2) is 3.90. The highest BCUT2D eigenvalue weighted by Gasteiger charge is 2.10. The Kier molecular flexibility index (Phi) is 2.60. The van der Waals surface area contributed by atoms with Gasteiger partial charge in [0.05, 0.1) is 5.02 Å². The van der Waals surface area contributed by atoms with Crippen LogP contribution >= 0.6 is 11.6 Å². The highest BCUT2D eigenvalue weighted by Crippen LogP contribution is 2.27. The summed E-state index contributed by atoms with van der Waals surface area (Å²) < 4.78 is 0. The summed E-state index contributed by atoms with van der Waals surface area (Å²) in [5.41, 5.74) is 1.80. The molecule has 0 amide bonds. The van der Waals surface area contributed by atoms with Crippen molar-refractivity contribution in [3.63, 3.8) is 0 Å². The van der Waals surface area contributed by atoms with E-state index in [0.29, 0.717) is 16.7 Å². The molecule has 0 saturated heterocycles. The van der Waals surface area contributed by atoms with Gasteiger partial charge < -0.3 is 0 Å². The van der Waals surface area contributed by atoms with Gasteiger partial charge in [-0.15, -0.1) is 20.4 Å². The molecule has 2 rings (SSSR count). The first-order chi connectivity index (χ1) is 7.18. The van der Waals surface area contributed by atoms with E-state index in [-0.39, 0.29) is 0 Å². The monoisotopic (exact) mass is 220 g/mol. The molecular formula is C10H9ClN4. The molecule has 0 saturated carbocycles. The van der Waals surface area contributed by atoms with Gasteiger partial charge in [0.1, 0.15) is 0 Å².